The van der Waals surface area contributed by atoms with Gasteiger partial charge in [-0.1, -0.05) is 45.0 Å². The van der Waals surface area contributed by atoms with Crippen LogP contribution in [-0.2, 0) is 14.9 Å². The molecule has 0 spiro atoms. The Balaban J connectivity index is 1.87. The normalized spacial score (nSPS) is 16.2. The first kappa shape index (κ1) is 16.1. The van der Waals surface area contributed by atoms with Crippen LogP contribution in [0.25, 0.3) is 6.08 Å². The number of carbonyl (C=O) groups excluding carboxylic acids is 1. The first-order valence-electron chi connectivity index (χ1n) is 7.72. The zero-order chi connectivity index (χ0) is 17.3. The first-order chi connectivity index (χ1) is 11.3. The highest BCUT2D eigenvalue weighted by Gasteiger charge is 2.24. The van der Waals surface area contributed by atoms with Gasteiger partial charge in [0.2, 0.25) is 5.90 Å². The molecule has 0 amide bonds. The van der Waals surface area contributed by atoms with E-state index in [-0.39, 0.29) is 22.8 Å². The van der Waals surface area contributed by atoms with Crippen LogP contribution in [0.1, 0.15) is 37.5 Å². The Kier molecular flexibility index (Phi) is 4.06. The quantitative estimate of drug-likeness (QED) is 0.604. The molecule has 0 saturated carbocycles. The van der Waals surface area contributed by atoms with E-state index in [2.05, 4.69) is 25.8 Å². The van der Waals surface area contributed by atoms with E-state index in [1.54, 1.807) is 18.2 Å². The SMILES string of the molecule is CC(C)(C)c1ccc(C2=N/C(=C\c3ccc(F)cc3)C(=O)O2)cc1. The number of cyclic esters (lactones) is 1. The Morgan fingerprint density at radius 3 is 2.21 bits per heavy atom. The van der Waals surface area contributed by atoms with Crippen molar-refractivity contribution < 1.29 is 13.9 Å². The summed E-state index contributed by atoms with van der Waals surface area (Å²) in [5.41, 5.74) is 2.89. The summed E-state index contributed by atoms with van der Waals surface area (Å²) in [5.74, 6) is -0.544. The summed E-state index contributed by atoms with van der Waals surface area (Å²) in [5, 5.41) is 0. The van der Waals surface area contributed by atoms with Gasteiger partial charge in [0.15, 0.2) is 5.70 Å². The van der Waals surface area contributed by atoms with Crippen molar-refractivity contribution in [3.63, 3.8) is 0 Å². The molecule has 0 aliphatic carbocycles. The maximum absolute atomic E-state index is 12.9. The van der Waals surface area contributed by atoms with Crippen LogP contribution in [0.2, 0.25) is 0 Å². The van der Waals surface area contributed by atoms with Crippen molar-refractivity contribution in [2.75, 3.05) is 0 Å². The highest BCUT2D eigenvalue weighted by atomic mass is 19.1. The van der Waals surface area contributed by atoms with Crippen LogP contribution >= 0.6 is 0 Å². The highest BCUT2D eigenvalue weighted by molar-refractivity contribution is 6.12. The highest BCUT2D eigenvalue weighted by Crippen LogP contribution is 2.24. The van der Waals surface area contributed by atoms with E-state index in [0.29, 0.717) is 5.56 Å². The second kappa shape index (κ2) is 6.04. The fraction of sp³-hybridized carbons (Fsp3) is 0.200. The molecule has 24 heavy (non-hydrogen) atoms. The fourth-order valence-corrected chi connectivity index (χ4v) is 2.36. The minimum absolute atomic E-state index is 0.0559. The smallest absolute Gasteiger partial charge is 0.363 e. The summed E-state index contributed by atoms with van der Waals surface area (Å²) < 4.78 is 18.2. The average Bonchev–Trinajstić information content (AvgIpc) is 2.90. The number of hydrogen-bond donors (Lipinski definition) is 0. The summed E-state index contributed by atoms with van der Waals surface area (Å²) in [7, 11) is 0. The second-order valence-electron chi connectivity index (χ2n) is 6.71. The van der Waals surface area contributed by atoms with Gasteiger partial charge in [0.05, 0.1) is 0 Å². The van der Waals surface area contributed by atoms with Gasteiger partial charge in [-0.05, 0) is 46.9 Å². The van der Waals surface area contributed by atoms with E-state index in [0.717, 1.165) is 5.56 Å². The van der Waals surface area contributed by atoms with Crippen LogP contribution in [-0.4, -0.2) is 11.9 Å². The van der Waals surface area contributed by atoms with Crippen LogP contribution in [0, 0.1) is 5.82 Å². The summed E-state index contributed by atoms with van der Waals surface area (Å²) in [6, 6.07) is 13.6. The molecule has 2 aromatic rings. The molecule has 1 aliphatic rings. The Morgan fingerprint density at radius 2 is 1.62 bits per heavy atom. The molecule has 0 unspecified atom stereocenters. The van der Waals surface area contributed by atoms with Crippen LogP contribution in [0.3, 0.4) is 0 Å². The molecule has 4 heteroatoms. The van der Waals surface area contributed by atoms with E-state index < -0.39 is 5.97 Å². The molecule has 3 rings (SSSR count). The maximum atomic E-state index is 12.9. The lowest BCUT2D eigenvalue weighted by molar-refractivity contribution is -0.129. The van der Waals surface area contributed by atoms with Crippen LogP contribution in [0.5, 0.6) is 0 Å². The second-order valence-corrected chi connectivity index (χ2v) is 6.71. The maximum Gasteiger partial charge on any atom is 0.363 e. The molecule has 0 N–H and O–H groups in total. The van der Waals surface area contributed by atoms with Crippen molar-refractivity contribution in [2.45, 2.75) is 26.2 Å². The molecule has 0 radical (unpaired) electrons. The average molecular weight is 323 g/mol. The minimum atomic E-state index is -0.505. The third kappa shape index (κ3) is 3.43. The number of rotatable bonds is 2. The Morgan fingerprint density at radius 1 is 1.00 bits per heavy atom. The Bertz CT molecular complexity index is 825. The van der Waals surface area contributed by atoms with Crippen molar-refractivity contribution in [3.05, 3.63) is 76.7 Å². The number of nitrogens with zero attached hydrogens (tertiary/aromatic N) is 1. The number of halogens is 1. The number of carbonyl (C=O) groups is 1. The largest absolute Gasteiger partial charge is 0.402 e. The number of esters is 1. The molecule has 0 saturated heterocycles. The van der Waals surface area contributed by atoms with E-state index in [1.807, 2.05) is 24.3 Å². The van der Waals surface area contributed by atoms with Gasteiger partial charge < -0.3 is 4.74 Å². The molecule has 122 valence electrons. The summed E-state index contributed by atoms with van der Waals surface area (Å²) >= 11 is 0. The van der Waals surface area contributed by atoms with Crippen LogP contribution in [0.4, 0.5) is 4.39 Å². The van der Waals surface area contributed by atoms with Gasteiger partial charge >= 0.3 is 5.97 Å². The van der Waals surface area contributed by atoms with Crippen molar-refractivity contribution in [1.82, 2.24) is 0 Å². The predicted octanol–water partition coefficient (Wildman–Crippen LogP) is 4.47. The fourth-order valence-electron chi connectivity index (χ4n) is 2.36. The molecule has 2 aromatic carbocycles. The van der Waals surface area contributed by atoms with E-state index in [1.165, 1.54) is 17.7 Å². The van der Waals surface area contributed by atoms with E-state index in [9.17, 15) is 9.18 Å². The Labute approximate surface area is 140 Å². The van der Waals surface area contributed by atoms with Crippen molar-refractivity contribution in [2.24, 2.45) is 4.99 Å². The minimum Gasteiger partial charge on any atom is -0.402 e. The van der Waals surface area contributed by atoms with Gasteiger partial charge in [0.25, 0.3) is 0 Å². The van der Waals surface area contributed by atoms with Crippen LogP contribution in [0.15, 0.2) is 59.2 Å². The number of aliphatic imine (C=N–C) groups is 1. The summed E-state index contributed by atoms with van der Waals surface area (Å²) in [4.78, 5) is 16.2. The zero-order valence-electron chi connectivity index (χ0n) is 13.8. The van der Waals surface area contributed by atoms with Gasteiger partial charge in [0, 0.05) is 5.56 Å². The molecule has 3 nitrogen and oxygen atoms in total. The van der Waals surface area contributed by atoms with Gasteiger partial charge in [-0.25, -0.2) is 14.2 Å². The lowest BCUT2D eigenvalue weighted by atomic mass is 9.87. The van der Waals surface area contributed by atoms with Crippen molar-refractivity contribution in [3.8, 4) is 0 Å². The van der Waals surface area contributed by atoms with Gasteiger partial charge in [0.1, 0.15) is 5.82 Å². The molecule has 1 heterocycles. The summed E-state index contributed by atoms with van der Waals surface area (Å²) in [6.45, 7) is 6.41. The first-order valence-corrected chi connectivity index (χ1v) is 7.72. The monoisotopic (exact) mass is 323 g/mol. The topological polar surface area (TPSA) is 38.7 Å². The molecule has 1 aliphatic heterocycles. The standard InChI is InChI=1S/C20H18FNO2/c1-20(2,3)15-8-6-14(7-9-15)18-22-17(19(23)24-18)12-13-4-10-16(21)11-5-13/h4-12H,1-3H3/b17-12-. The number of ether oxygens (including phenoxy) is 1. The van der Waals surface area contributed by atoms with Gasteiger partial charge in [-0.15, -0.1) is 0 Å². The van der Waals surface area contributed by atoms with E-state index >= 15 is 0 Å². The van der Waals surface area contributed by atoms with Gasteiger partial charge in [-0.3, -0.25) is 0 Å². The molecular weight excluding hydrogens is 305 g/mol. The van der Waals surface area contributed by atoms with Crippen molar-refractivity contribution >= 4 is 17.9 Å². The third-order valence-corrected chi connectivity index (χ3v) is 3.79. The molecular formula is C20H18FNO2. The zero-order valence-corrected chi connectivity index (χ0v) is 13.8. The van der Waals surface area contributed by atoms with Gasteiger partial charge in [-0.2, -0.15) is 0 Å². The van der Waals surface area contributed by atoms with Crippen LogP contribution < -0.4 is 0 Å². The third-order valence-electron chi connectivity index (χ3n) is 3.79. The van der Waals surface area contributed by atoms with E-state index in [4.69, 9.17) is 4.74 Å². The molecule has 0 aromatic heterocycles. The molecule has 0 bridgehead atoms. The lowest BCUT2D eigenvalue weighted by Gasteiger charge is -2.18. The number of benzene rings is 2. The molecule has 0 atom stereocenters. The lowest BCUT2D eigenvalue weighted by Crippen LogP contribution is -2.11. The number of hydrogen-bond acceptors (Lipinski definition) is 3. The summed E-state index contributed by atoms with van der Waals surface area (Å²) in [6.07, 6.45) is 1.58. The predicted molar refractivity (Wildman–Crippen MR) is 92.1 cm³/mol. The Hall–Kier alpha value is -2.75. The van der Waals surface area contributed by atoms with Crippen molar-refractivity contribution in [1.29, 1.82) is 0 Å². The molecule has 0 fully saturated rings.